The average Bonchev–Trinajstić information content (AvgIpc) is 2.36. The van der Waals surface area contributed by atoms with E-state index in [1.807, 2.05) is 24.3 Å². The molecule has 0 unspecified atom stereocenters. The van der Waals surface area contributed by atoms with E-state index < -0.39 is 0 Å². The van der Waals surface area contributed by atoms with Crippen LogP contribution in [-0.2, 0) is 4.74 Å². The lowest BCUT2D eigenvalue weighted by Crippen LogP contribution is -2.46. The van der Waals surface area contributed by atoms with Gasteiger partial charge in [0, 0.05) is 13.1 Å². The minimum Gasteiger partial charge on any atom is -0.372 e. The van der Waals surface area contributed by atoms with Gasteiger partial charge in [0.15, 0.2) is 11.0 Å². The molecule has 2 aromatic rings. The highest BCUT2D eigenvalue weighted by molar-refractivity contribution is 6.32. The number of fused-ring (bicyclic) bond motifs is 1. The van der Waals surface area contributed by atoms with Gasteiger partial charge >= 0.3 is 0 Å². The standard InChI is InChI=1S/C14H16ClN3O/c1-9-7-18(8-10(2)19-9)14-13(15)16-11-5-3-4-6-12(11)17-14/h3-6,9-10H,7-8H2,1-2H3/t9-,10+. The summed E-state index contributed by atoms with van der Waals surface area (Å²) in [6.07, 6.45) is 0.348. The molecule has 4 nitrogen and oxygen atoms in total. The number of hydrogen-bond acceptors (Lipinski definition) is 4. The lowest BCUT2D eigenvalue weighted by molar-refractivity contribution is -0.00545. The van der Waals surface area contributed by atoms with Gasteiger partial charge in [-0.25, -0.2) is 9.97 Å². The van der Waals surface area contributed by atoms with Gasteiger partial charge < -0.3 is 9.64 Å². The maximum Gasteiger partial charge on any atom is 0.172 e. The Bertz CT molecular complexity index is 594. The van der Waals surface area contributed by atoms with Crippen LogP contribution in [0.4, 0.5) is 5.82 Å². The summed E-state index contributed by atoms with van der Waals surface area (Å²) >= 11 is 6.28. The number of morpholine rings is 1. The number of nitrogens with zero attached hydrogens (tertiary/aromatic N) is 3. The maximum atomic E-state index is 6.28. The zero-order chi connectivity index (χ0) is 13.4. The Hall–Kier alpha value is -1.39. The molecule has 5 heteroatoms. The first-order valence-corrected chi connectivity index (χ1v) is 6.84. The van der Waals surface area contributed by atoms with Crippen molar-refractivity contribution in [2.75, 3.05) is 18.0 Å². The fourth-order valence-corrected chi connectivity index (χ4v) is 2.77. The first-order valence-electron chi connectivity index (χ1n) is 6.46. The van der Waals surface area contributed by atoms with Gasteiger partial charge in [-0.2, -0.15) is 0 Å². The third-order valence-electron chi connectivity index (χ3n) is 3.23. The minimum absolute atomic E-state index is 0.174. The van der Waals surface area contributed by atoms with Gasteiger partial charge in [0.1, 0.15) is 0 Å². The van der Waals surface area contributed by atoms with Crippen LogP contribution in [0.3, 0.4) is 0 Å². The normalized spacial score (nSPS) is 23.8. The molecule has 100 valence electrons. The summed E-state index contributed by atoms with van der Waals surface area (Å²) in [5, 5.41) is 0.458. The van der Waals surface area contributed by atoms with Gasteiger partial charge in [0.2, 0.25) is 0 Å². The predicted octanol–water partition coefficient (Wildman–Crippen LogP) is 2.90. The fourth-order valence-electron chi connectivity index (χ4n) is 2.52. The molecule has 0 bridgehead atoms. The van der Waals surface area contributed by atoms with Crippen molar-refractivity contribution in [3.8, 4) is 0 Å². The van der Waals surface area contributed by atoms with E-state index in [0.29, 0.717) is 5.15 Å². The second-order valence-corrected chi connectivity index (χ2v) is 5.35. The van der Waals surface area contributed by atoms with Crippen molar-refractivity contribution in [3.05, 3.63) is 29.4 Å². The molecule has 0 spiro atoms. The lowest BCUT2D eigenvalue weighted by Gasteiger charge is -2.36. The topological polar surface area (TPSA) is 38.2 Å². The molecule has 1 aliphatic heterocycles. The van der Waals surface area contributed by atoms with Crippen molar-refractivity contribution in [2.45, 2.75) is 26.1 Å². The van der Waals surface area contributed by atoms with Crippen LogP contribution in [0.1, 0.15) is 13.8 Å². The molecule has 1 aliphatic rings. The highest BCUT2D eigenvalue weighted by atomic mass is 35.5. The second kappa shape index (κ2) is 4.94. The first-order chi connectivity index (χ1) is 9.13. The number of hydrogen-bond donors (Lipinski definition) is 0. The number of aromatic nitrogens is 2. The molecule has 2 atom stereocenters. The van der Waals surface area contributed by atoms with Crippen molar-refractivity contribution in [1.29, 1.82) is 0 Å². The summed E-state index contributed by atoms with van der Waals surface area (Å²) in [4.78, 5) is 11.2. The van der Waals surface area contributed by atoms with Crippen molar-refractivity contribution in [3.63, 3.8) is 0 Å². The summed E-state index contributed by atoms with van der Waals surface area (Å²) in [6.45, 7) is 5.70. The van der Waals surface area contributed by atoms with Crippen molar-refractivity contribution in [1.82, 2.24) is 9.97 Å². The average molecular weight is 278 g/mol. The van der Waals surface area contributed by atoms with E-state index in [9.17, 15) is 0 Å². The van der Waals surface area contributed by atoms with Crippen LogP contribution in [0.25, 0.3) is 11.0 Å². The molecule has 19 heavy (non-hydrogen) atoms. The molecule has 0 saturated carbocycles. The second-order valence-electron chi connectivity index (χ2n) is 4.99. The molecule has 1 aromatic heterocycles. The Morgan fingerprint density at radius 1 is 1.11 bits per heavy atom. The van der Waals surface area contributed by atoms with E-state index in [2.05, 4.69) is 28.7 Å². The summed E-state index contributed by atoms with van der Waals surface area (Å²) in [7, 11) is 0. The Labute approximate surface area is 117 Å². The molecule has 3 rings (SSSR count). The number of ether oxygens (including phenoxy) is 1. The number of anilines is 1. The van der Waals surface area contributed by atoms with Crippen molar-refractivity contribution in [2.24, 2.45) is 0 Å². The van der Waals surface area contributed by atoms with Crippen LogP contribution >= 0.6 is 11.6 Å². The van der Waals surface area contributed by atoms with Gasteiger partial charge in [0.05, 0.1) is 23.2 Å². The highest BCUT2D eigenvalue weighted by Crippen LogP contribution is 2.27. The molecule has 1 aromatic carbocycles. The summed E-state index contributed by atoms with van der Waals surface area (Å²) in [6, 6.07) is 7.77. The number of benzene rings is 1. The van der Waals surface area contributed by atoms with Gasteiger partial charge in [0.25, 0.3) is 0 Å². The van der Waals surface area contributed by atoms with E-state index in [-0.39, 0.29) is 12.2 Å². The molecule has 0 aliphatic carbocycles. The minimum atomic E-state index is 0.174. The predicted molar refractivity (Wildman–Crippen MR) is 76.8 cm³/mol. The summed E-state index contributed by atoms with van der Waals surface area (Å²) < 4.78 is 5.73. The molecule has 0 radical (unpaired) electrons. The molecule has 0 amide bonds. The third-order valence-corrected chi connectivity index (χ3v) is 3.48. The smallest absolute Gasteiger partial charge is 0.172 e. The molecule has 1 saturated heterocycles. The zero-order valence-corrected chi connectivity index (χ0v) is 11.8. The Balaban J connectivity index is 2.01. The maximum absolute atomic E-state index is 6.28. The van der Waals surface area contributed by atoms with Gasteiger partial charge in [-0.05, 0) is 26.0 Å². The van der Waals surface area contributed by atoms with Crippen LogP contribution in [0, 0.1) is 0 Å². The van der Waals surface area contributed by atoms with Crippen LogP contribution in [0.15, 0.2) is 24.3 Å². The van der Waals surface area contributed by atoms with Crippen molar-refractivity contribution >= 4 is 28.5 Å². The first kappa shape index (κ1) is 12.6. The number of para-hydroxylation sites is 2. The SMILES string of the molecule is C[C@@H]1CN(c2nc3ccccc3nc2Cl)C[C@H](C)O1. The van der Waals surface area contributed by atoms with Crippen LogP contribution in [0.5, 0.6) is 0 Å². The van der Waals surface area contributed by atoms with E-state index in [1.54, 1.807) is 0 Å². The van der Waals surface area contributed by atoms with E-state index in [4.69, 9.17) is 16.3 Å². The van der Waals surface area contributed by atoms with E-state index >= 15 is 0 Å². The summed E-state index contributed by atoms with van der Waals surface area (Å²) in [5.41, 5.74) is 1.69. The summed E-state index contributed by atoms with van der Waals surface area (Å²) in [5.74, 6) is 0.752. The van der Waals surface area contributed by atoms with Gasteiger partial charge in [-0.15, -0.1) is 0 Å². The van der Waals surface area contributed by atoms with Crippen LogP contribution in [0.2, 0.25) is 5.15 Å². The highest BCUT2D eigenvalue weighted by Gasteiger charge is 2.25. The Morgan fingerprint density at radius 3 is 2.32 bits per heavy atom. The largest absolute Gasteiger partial charge is 0.372 e. The fraction of sp³-hybridized carbons (Fsp3) is 0.429. The van der Waals surface area contributed by atoms with Crippen LogP contribution in [-0.4, -0.2) is 35.3 Å². The quantitative estimate of drug-likeness (QED) is 0.803. The van der Waals surface area contributed by atoms with Gasteiger partial charge in [-0.1, -0.05) is 23.7 Å². The molecule has 2 heterocycles. The van der Waals surface area contributed by atoms with Crippen LogP contribution < -0.4 is 4.90 Å². The van der Waals surface area contributed by atoms with Crippen molar-refractivity contribution < 1.29 is 4.74 Å². The molecule has 1 fully saturated rings. The van der Waals surface area contributed by atoms with E-state index in [1.165, 1.54) is 0 Å². The monoisotopic (exact) mass is 277 g/mol. The lowest BCUT2D eigenvalue weighted by atomic mass is 10.2. The zero-order valence-electron chi connectivity index (χ0n) is 11.0. The number of halogens is 1. The molecular weight excluding hydrogens is 262 g/mol. The third kappa shape index (κ3) is 2.51. The Kier molecular flexibility index (Phi) is 3.29. The van der Waals surface area contributed by atoms with Gasteiger partial charge in [-0.3, -0.25) is 0 Å². The Morgan fingerprint density at radius 2 is 1.68 bits per heavy atom. The molecular formula is C14H16ClN3O. The van der Waals surface area contributed by atoms with E-state index in [0.717, 1.165) is 29.9 Å². The number of rotatable bonds is 1. The molecule has 0 N–H and O–H groups in total.